The smallest absolute Gasteiger partial charge is 0.194 e. The lowest BCUT2D eigenvalue weighted by Crippen LogP contribution is -2.01. The minimum absolute atomic E-state index is 0.0227. The van der Waals surface area contributed by atoms with Gasteiger partial charge >= 0.3 is 0 Å². The molecule has 2 heterocycles. The molecule has 0 saturated heterocycles. The average molecular weight is 269 g/mol. The predicted molar refractivity (Wildman–Crippen MR) is 76.0 cm³/mol. The van der Waals surface area contributed by atoms with E-state index in [0.29, 0.717) is 11.1 Å². The number of nitrogens with zero attached hydrogens (tertiary/aromatic N) is 1. The average Bonchev–Trinajstić information content (AvgIpc) is 2.94. The molecule has 19 heavy (non-hydrogen) atoms. The lowest BCUT2D eigenvalue weighted by Gasteiger charge is -2.03. The fraction of sp³-hybridized carbons (Fsp3) is 0.0667. The Bertz CT molecular complexity index is 731. The molecule has 0 aliphatic carbocycles. The van der Waals surface area contributed by atoms with Crippen molar-refractivity contribution < 1.29 is 9.53 Å². The summed E-state index contributed by atoms with van der Waals surface area (Å²) in [5, 5.41) is 1.97. The molecule has 0 N–H and O–H groups in total. The number of carbonyl (C=O) groups is 1. The molecular weight excluding hydrogens is 258 g/mol. The van der Waals surface area contributed by atoms with Crippen LogP contribution in [0, 0.1) is 0 Å². The molecule has 0 radical (unpaired) electrons. The Morgan fingerprint density at radius 3 is 2.68 bits per heavy atom. The van der Waals surface area contributed by atoms with Crippen LogP contribution in [0.2, 0.25) is 0 Å². The fourth-order valence-electron chi connectivity index (χ4n) is 1.88. The van der Waals surface area contributed by atoms with Crippen LogP contribution in [-0.4, -0.2) is 17.9 Å². The number of aromatic nitrogens is 1. The molecule has 0 fully saturated rings. The molecule has 0 aliphatic rings. The summed E-state index contributed by atoms with van der Waals surface area (Å²) < 4.78 is 6.11. The van der Waals surface area contributed by atoms with Crippen molar-refractivity contribution >= 4 is 27.3 Å². The van der Waals surface area contributed by atoms with Crippen LogP contribution in [0.4, 0.5) is 0 Å². The van der Waals surface area contributed by atoms with E-state index < -0.39 is 0 Å². The molecular formula is C15H11NO2S. The molecule has 3 aromatic rings. The standard InChI is InChI=1S/C15H11NO2S/c1-18-12-4-2-10(3-5-12)15(17)11-8-14-13(16-9-11)6-7-19-14/h2-9H,1H3. The molecule has 1 aromatic carbocycles. The number of ether oxygens (including phenoxy) is 1. The maximum absolute atomic E-state index is 12.3. The highest BCUT2D eigenvalue weighted by Crippen LogP contribution is 2.21. The summed E-state index contributed by atoms with van der Waals surface area (Å²) in [7, 11) is 1.60. The van der Waals surface area contributed by atoms with Gasteiger partial charge in [-0.05, 0) is 41.8 Å². The first-order chi connectivity index (χ1) is 9.28. The molecule has 3 nitrogen and oxygen atoms in total. The van der Waals surface area contributed by atoms with Gasteiger partial charge in [0.15, 0.2) is 5.78 Å². The van der Waals surface area contributed by atoms with E-state index in [2.05, 4.69) is 4.98 Å². The third-order valence-corrected chi connectivity index (χ3v) is 3.77. The molecule has 0 saturated carbocycles. The zero-order chi connectivity index (χ0) is 13.2. The normalized spacial score (nSPS) is 10.6. The summed E-state index contributed by atoms with van der Waals surface area (Å²) in [4.78, 5) is 16.6. The fourth-order valence-corrected chi connectivity index (χ4v) is 2.66. The molecule has 0 aliphatic heterocycles. The summed E-state index contributed by atoms with van der Waals surface area (Å²) in [5.41, 5.74) is 2.18. The number of rotatable bonds is 3. The minimum atomic E-state index is -0.0227. The van der Waals surface area contributed by atoms with Crippen LogP contribution in [0.3, 0.4) is 0 Å². The second-order valence-corrected chi connectivity index (χ2v) is 5.03. The van der Waals surface area contributed by atoms with Crippen molar-refractivity contribution in [1.29, 1.82) is 0 Å². The van der Waals surface area contributed by atoms with Crippen molar-refractivity contribution in [2.75, 3.05) is 7.11 Å². The first-order valence-electron chi connectivity index (χ1n) is 5.80. The third kappa shape index (κ3) is 2.22. The number of ketones is 1. The Morgan fingerprint density at radius 2 is 1.95 bits per heavy atom. The Hall–Kier alpha value is -2.20. The monoisotopic (exact) mass is 269 g/mol. The van der Waals surface area contributed by atoms with E-state index in [1.54, 1.807) is 48.9 Å². The Kier molecular flexibility index (Phi) is 3.01. The van der Waals surface area contributed by atoms with Gasteiger partial charge in [-0.25, -0.2) is 0 Å². The van der Waals surface area contributed by atoms with Gasteiger partial charge in [-0.15, -0.1) is 11.3 Å². The van der Waals surface area contributed by atoms with Gasteiger partial charge in [0, 0.05) is 17.3 Å². The Balaban J connectivity index is 1.97. The zero-order valence-electron chi connectivity index (χ0n) is 10.3. The van der Waals surface area contributed by atoms with Gasteiger partial charge < -0.3 is 4.74 Å². The number of hydrogen-bond donors (Lipinski definition) is 0. The van der Waals surface area contributed by atoms with Gasteiger partial charge in [0.25, 0.3) is 0 Å². The SMILES string of the molecule is COc1ccc(C(=O)c2cnc3ccsc3c2)cc1. The number of methoxy groups -OCH3 is 1. The maximum atomic E-state index is 12.3. The number of pyridine rings is 1. The lowest BCUT2D eigenvalue weighted by atomic mass is 10.0. The third-order valence-electron chi connectivity index (χ3n) is 2.92. The van der Waals surface area contributed by atoms with Gasteiger partial charge in [0.1, 0.15) is 5.75 Å². The minimum Gasteiger partial charge on any atom is -0.497 e. The lowest BCUT2D eigenvalue weighted by molar-refractivity contribution is 0.103. The summed E-state index contributed by atoms with van der Waals surface area (Å²) >= 11 is 1.59. The van der Waals surface area contributed by atoms with Crippen molar-refractivity contribution in [3.05, 3.63) is 59.1 Å². The summed E-state index contributed by atoms with van der Waals surface area (Å²) in [5.74, 6) is 0.717. The van der Waals surface area contributed by atoms with Crippen LogP contribution in [0.5, 0.6) is 5.75 Å². The van der Waals surface area contributed by atoms with Gasteiger partial charge in [-0.1, -0.05) is 0 Å². The van der Waals surface area contributed by atoms with Crippen molar-refractivity contribution in [1.82, 2.24) is 4.98 Å². The van der Waals surface area contributed by atoms with E-state index in [1.165, 1.54) is 0 Å². The van der Waals surface area contributed by atoms with Gasteiger partial charge in [0.2, 0.25) is 0 Å². The van der Waals surface area contributed by atoms with Crippen LogP contribution in [-0.2, 0) is 0 Å². The molecule has 94 valence electrons. The molecule has 0 unspecified atom stereocenters. The molecule has 0 spiro atoms. The summed E-state index contributed by atoms with van der Waals surface area (Å²) in [6.45, 7) is 0. The molecule has 0 atom stereocenters. The molecule has 4 heteroatoms. The first kappa shape index (κ1) is 11.9. The molecule has 2 aromatic heterocycles. The first-order valence-corrected chi connectivity index (χ1v) is 6.68. The highest BCUT2D eigenvalue weighted by molar-refractivity contribution is 7.17. The van der Waals surface area contributed by atoms with Crippen molar-refractivity contribution in [3.8, 4) is 5.75 Å². The largest absolute Gasteiger partial charge is 0.497 e. The Labute approximate surface area is 114 Å². The van der Waals surface area contributed by atoms with Crippen molar-refractivity contribution in [2.45, 2.75) is 0 Å². The van der Waals surface area contributed by atoms with Gasteiger partial charge in [0.05, 0.1) is 17.3 Å². The molecule has 3 rings (SSSR count). The predicted octanol–water partition coefficient (Wildman–Crippen LogP) is 3.54. The highest BCUT2D eigenvalue weighted by Gasteiger charge is 2.10. The number of hydrogen-bond acceptors (Lipinski definition) is 4. The van der Waals surface area contributed by atoms with Crippen molar-refractivity contribution in [2.24, 2.45) is 0 Å². The summed E-state index contributed by atoms with van der Waals surface area (Å²) in [6, 6.07) is 10.9. The topological polar surface area (TPSA) is 39.2 Å². The highest BCUT2D eigenvalue weighted by atomic mass is 32.1. The van der Waals surface area contributed by atoms with E-state index in [1.807, 2.05) is 17.5 Å². The maximum Gasteiger partial charge on any atom is 0.194 e. The van der Waals surface area contributed by atoms with Gasteiger partial charge in [-0.3, -0.25) is 9.78 Å². The van der Waals surface area contributed by atoms with Crippen LogP contribution in [0.25, 0.3) is 10.2 Å². The second-order valence-electron chi connectivity index (χ2n) is 4.09. The van der Waals surface area contributed by atoms with E-state index in [-0.39, 0.29) is 5.78 Å². The van der Waals surface area contributed by atoms with Crippen LogP contribution in [0.1, 0.15) is 15.9 Å². The summed E-state index contributed by atoms with van der Waals surface area (Å²) in [6.07, 6.45) is 1.63. The quantitative estimate of drug-likeness (QED) is 0.683. The zero-order valence-corrected chi connectivity index (χ0v) is 11.1. The number of thiophene rings is 1. The van der Waals surface area contributed by atoms with Gasteiger partial charge in [-0.2, -0.15) is 0 Å². The van der Waals surface area contributed by atoms with E-state index in [4.69, 9.17) is 4.74 Å². The second kappa shape index (κ2) is 4.82. The molecule has 0 amide bonds. The molecule has 0 bridgehead atoms. The number of benzene rings is 1. The van der Waals surface area contributed by atoms with Crippen LogP contribution in [0.15, 0.2) is 48.0 Å². The van der Waals surface area contributed by atoms with E-state index in [0.717, 1.165) is 16.0 Å². The van der Waals surface area contributed by atoms with E-state index in [9.17, 15) is 4.79 Å². The van der Waals surface area contributed by atoms with Crippen LogP contribution >= 0.6 is 11.3 Å². The van der Waals surface area contributed by atoms with Crippen molar-refractivity contribution in [3.63, 3.8) is 0 Å². The Morgan fingerprint density at radius 1 is 1.16 bits per heavy atom. The number of fused-ring (bicyclic) bond motifs is 1. The van der Waals surface area contributed by atoms with E-state index >= 15 is 0 Å². The number of carbonyl (C=O) groups excluding carboxylic acids is 1. The van der Waals surface area contributed by atoms with Crippen LogP contribution < -0.4 is 4.74 Å².